The average molecular weight is 536 g/mol. The molecule has 0 amide bonds. The van der Waals surface area contributed by atoms with Crippen LogP contribution in [0.3, 0.4) is 0 Å². The number of hydrogen-bond donors (Lipinski definition) is 0. The van der Waals surface area contributed by atoms with Gasteiger partial charge >= 0.3 is 0 Å². The van der Waals surface area contributed by atoms with Crippen LogP contribution in [0.15, 0.2) is 47.3 Å². The molecule has 0 saturated heterocycles. The first kappa shape index (κ1) is 27.6. The van der Waals surface area contributed by atoms with E-state index in [1.54, 1.807) is 7.11 Å². The fraction of sp³-hybridized carbons (Fsp3) is 0.433. The number of methoxy groups -OCH3 is 1. The molecule has 0 fully saturated rings. The topological polar surface area (TPSA) is 75.0 Å². The van der Waals surface area contributed by atoms with E-state index in [-0.39, 0.29) is 5.56 Å². The van der Waals surface area contributed by atoms with E-state index in [9.17, 15) is 4.79 Å². The fourth-order valence-corrected chi connectivity index (χ4v) is 5.01. The molecule has 8 heteroatoms. The molecule has 4 rings (SSSR count). The van der Waals surface area contributed by atoms with Gasteiger partial charge in [-0.15, -0.1) is 5.10 Å². The van der Waals surface area contributed by atoms with Gasteiger partial charge in [0.25, 0.3) is 5.56 Å². The molecule has 0 unspecified atom stereocenters. The minimum absolute atomic E-state index is 0.189. The maximum Gasteiger partial charge on any atom is 0.291 e. The lowest BCUT2D eigenvalue weighted by atomic mass is 10.1. The van der Waals surface area contributed by atoms with Crippen molar-refractivity contribution >= 4 is 22.4 Å². The van der Waals surface area contributed by atoms with Gasteiger partial charge in [-0.2, -0.15) is 9.50 Å². The fourth-order valence-electron chi connectivity index (χ4n) is 4.10. The molecule has 0 N–H and O–H groups in total. The van der Waals surface area contributed by atoms with Crippen LogP contribution in [-0.4, -0.2) is 34.9 Å². The van der Waals surface area contributed by atoms with Gasteiger partial charge in [-0.3, -0.25) is 4.79 Å². The third-order valence-corrected chi connectivity index (χ3v) is 7.26. The van der Waals surface area contributed by atoms with Gasteiger partial charge in [-0.1, -0.05) is 69.8 Å². The van der Waals surface area contributed by atoms with Crippen LogP contribution in [-0.2, 0) is 0 Å². The van der Waals surface area contributed by atoms with Crippen molar-refractivity contribution in [2.75, 3.05) is 20.3 Å². The number of thiazole rings is 1. The van der Waals surface area contributed by atoms with Crippen LogP contribution >= 0.6 is 11.3 Å². The van der Waals surface area contributed by atoms with Crippen molar-refractivity contribution in [3.63, 3.8) is 0 Å². The Morgan fingerprint density at radius 3 is 2.34 bits per heavy atom. The third-order valence-electron chi connectivity index (χ3n) is 6.30. The van der Waals surface area contributed by atoms with E-state index >= 15 is 0 Å². The van der Waals surface area contributed by atoms with Crippen LogP contribution in [0.1, 0.15) is 70.8 Å². The van der Waals surface area contributed by atoms with E-state index in [1.165, 1.54) is 48.0 Å². The zero-order valence-corrected chi connectivity index (χ0v) is 23.4. The van der Waals surface area contributed by atoms with E-state index < -0.39 is 0 Å². The molecule has 0 radical (unpaired) electrons. The first-order valence-electron chi connectivity index (χ1n) is 13.6. The van der Waals surface area contributed by atoms with Gasteiger partial charge in [0.05, 0.1) is 24.9 Å². The lowest BCUT2D eigenvalue weighted by Crippen LogP contribution is -2.23. The van der Waals surface area contributed by atoms with Gasteiger partial charge in [0.15, 0.2) is 17.3 Å². The molecule has 38 heavy (non-hydrogen) atoms. The summed E-state index contributed by atoms with van der Waals surface area (Å²) in [4.78, 5) is 18.2. The number of fused-ring (bicyclic) bond motifs is 1. The predicted octanol–water partition coefficient (Wildman–Crippen LogP) is 6.29. The minimum atomic E-state index is -0.189. The highest BCUT2D eigenvalue weighted by Gasteiger charge is 2.13. The summed E-state index contributed by atoms with van der Waals surface area (Å²) in [6.07, 6.45) is 11.3. The molecule has 7 nitrogen and oxygen atoms in total. The molecule has 0 saturated carbocycles. The van der Waals surface area contributed by atoms with E-state index in [0.29, 0.717) is 34.3 Å². The molecule has 0 atom stereocenters. The number of hydrogen-bond acceptors (Lipinski definition) is 7. The molecular weight excluding hydrogens is 498 g/mol. The van der Waals surface area contributed by atoms with Crippen molar-refractivity contribution in [1.29, 1.82) is 0 Å². The normalized spacial score (nSPS) is 11.8. The Morgan fingerprint density at radius 2 is 1.61 bits per heavy atom. The molecule has 202 valence electrons. The van der Waals surface area contributed by atoms with Crippen molar-refractivity contribution in [2.45, 2.75) is 65.2 Å². The number of rotatable bonds is 15. The van der Waals surface area contributed by atoms with Gasteiger partial charge in [-0.05, 0) is 60.9 Å². The third kappa shape index (κ3) is 7.13. The predicted molar refractivity (Wildman–Crippen MR) is 154 cm³/mol. The molecule has 2 aromatic carbocycles. The van der Waals surface area contributed by atoms with Gasteiger partial charge in [-0.25, -0.2) is 0 Å². The first-order chi connectivity index (χ1) is 18.6. The molecule has 2 aromatic heterocycles. The summed E-state index contributed by atoms with van der Waals surface area (Å²) in [6, 6.07) is 13.4. The smallest absolute Gasteiger partial charge is 0.291 e. The second-order valence-electron chi connectivity index (χ2n) is 9.30. The zero-order chi connectivity index (χ0) is 26.7. The van der Waals surface area contributed by atoms with Gasteiger partial charge in [0.1, 0.15) is 5.75 Å². The second kappa shape index (κ2) is 14.0. The number of aromatic nitrogens is 3. The van der Waals surface area contributed by atoms with Crippen LogP contribution in [0.5, 0.6) is 17.2 Å². The van der Waals surface area contributed by atoms with Crippen LogP contribution in [0.25, 0.3) is 22.4 Å². The maximum absolute atomic E-state index is 13.0. The Bertz CT molecular complexity index is 1410. The molecule has 0 aliphatic rings. The summed E-state index contributed by atoms with van der Waals surface area (Å²) in [5, 5.41) is 4.46. The van der Waals surface area contributed by atoms with Crippen LogP contribution < -0.4 is 24.3 Å². The summed E-state index contributed by atoms with van der Waals surface area (Å²) >= 11 is 1.32. The monoisotopic (exact) mass is 535 g/mol. The Morgan fingerprint density at radius 1 is 0.868 bits per heavy atom. The largest absolute Gasteiger partial charge is 0.494 e. The lowest BCUT2D eigenvalue weighted by molar-refractivity contribution is 0.284. The quantitative estimate of drug-likeness (QED) is 0.167. The van der Waals surface area contributed by atoms with Gasteiger partial charge in [0.2, 0.25) is 4.96 Å². The van der Waals surface area contributed by atoms with Crippen LogP contribution in [0, 0.1) is 0 Å². The van der Waals surface area contributed by atoms with E-state index in [1.807, 2.05) is 48.5 Å². The zero-order valence-electron chi connectivity index (χ0n) is 22.6. The Balaban J connectivity index is 1.44. The standard InChI is InChI=1S/C30H37N3O4S/c1-4-6-8-9-10-11-19-37-25-17-12-22(20-26(25)35-3)21-27-29(34)33-30(38-27)31-28(32-33)23-13-15-24(16-14-23)36-18-7-5-2/h12-17,20-21H,4-11,18-19H2,1-3H3/b27-21-. The highest BCUT2D eigenvalue weighted by atomic mass is 32.1. The van der Waals surface area contributed by atoms with Crippen molar-refractivity contribution in [3.8, 4) is 28.6 Å². The highest BCUT2D eigenvalue weighted by Crippen LogP contribution is 2.29. The summed E-state index contributed by atoms with van der Waals surface area (Å²) in [5.41, 5.74) is 1.51. The molecule has 0 aliphatic heterocycles. The van der Waals surface area contributed by atoms with E-state index in [0.717, 1.165) is 41.9 Å². The molecule has 0 spiro atoms. The van der Waals surface area contributed by atoms with Crippen molar-refractivity contribution in [3.05, 3.63) is 62.9 Å². The molecule has 0 aliphatic carbocycles. The molecule has 2 heterocycles. The minimum Gasteiger partial charge on any atom is -0.494 e. The summed E-state index contributed by atoms with van der Waals surface area (Å²) in [6.45, 7) is 5.73. The number of benzene rings is 2. The maximum atomic E-state index is 13.0. The summed E-state index contributed by atoms with van der Waals surface area (Å²) in [7, 11) is 1.63. The Kier molecular flexibility index (Phi) is 10.1. The summed E-state index contributed by atoms with van der Waals surface area (Å²) < 4.78 is 19.2. The van der Waals surface area contributed by atoms with Crippen LogP contribution in [0.4, 0.5) is 0 Å². The second-order valence-corrected chi connectivity index (χ2v) is 10.3. The van der Waals surface area contributed by atoms with Crippen molar-refractivity contribution < 1.29 is 14.2 Å². The molecule has 4 aromatic rings. The Labute approximate surface area is 228 Å². The average Bonchev–Trinajstić information content (AvgIpc) is 3.48. The first-order valence-corrected chi connectivity index (χ1v) is 14.4. The SMILES string of the molecule is CCCCCCCCOc1ccc(/C=c2\sc3nc(-c4ccc(OCCCC)cc4)nn3c2=O)cc1OC. The molecular formula is C30H37N3O4S. The summed E-state index contributed by atoms with van der Waals surface area (Å²) in [5.74, 6) is 2.71. The van der Waals surface area contributed by atoms with Crippen LogP contribution in [0.2, 0.25) is 0 Å². The van der Waals surface area contributed by atoms with Gasteiger partial charge in [0, 0.05) is 5.56 Å². The molecule has 0 bridgehead atoms. The Hall–Kier alpha value is -3.39. The van der Waals surface area contributed by atoms with Crippen molar-refractivity contribution in [1.82, 2.24) is 14.6 Å². The van der Waals surface area contributed by atoms with E-state index in [4.69, 9.17) is 14.2 Å². The lowest BCUT2D eigenvalue weighted by Gasteiger charge is -2.11. The number of ether oxygens (including phenoxy) is 3. The number of nitrogens with zero attached hydrogens (tertiary/aromatic N) is 3. The van der Waals surface area contributed by atoms with E-state index in [2.05, 4.69) is 23.9 Å². The van der Waals surface area contributed by atoms with Crippen molar-refractivity contribution in [2.24, 2.45) is 0 Å². The number of unbranched alkanes of at least 4 members (excludes halogenated alkanes) is 6. The van der Waals surface area contributed by atoms with Gasteiger partial charge < -0.3 is 14.2 Å². The highest BCUT2D eigenvalue weighted by molar-refractivity contribution is 7.15.